The lowest BCUT2D eigenvalue weighted by molar-refractivity contribution is -0.134. The van der Waals surface area contributed by atoms with Gasteiger partial charge in [-0.25, -0.2) is 0 Å². The molecule has 0 aromatic heterocycles. The average Bonchev–Trinajstić information content (AvgIpc) is 2.47. The van der Waals surface area contributed by atoms with Crippen molar-refractivity contribution in [3.8, 4) is 11.5 Å². The molecule has 21 heavy (non-hydrogen) atoms. The Morgan fingerprint density at radius 2 is 1.95 bits per heavy atom. The van der Waals surface area contributed by atoms with E-state index in [-0.39, 0.29) is 12.4 Å². The number of hydrogen-bond donors (Lipinski definition) is 0. The lowest BCUT2D eigenvalue weighted by Crippen LogP contribution is -2.09. The van der Waals surface area contributed by atoms with Crippen molar-refractivity contribution in [1.82, 2.24) is 0 Å². The summed E-state index contributed by atoms with van der Waals surface area (Å²) >= 11 is 5.91. The molecule has 2 aromatic rings. The fourth-order valence-electron chi connectivity index (χ4n) is 1.97. The second kappa shape index (κ2) is 7.14. The van der Waals surface area contributed by atoms with E-state index in [2.05, 4.69) is 0 Å². The van der Waals surface area contributed by atoms with Gasteiger partial charge in [-0.2, -0.15) is 0 Å². The molecule has 4 heteroatoms. The topological polar surface area (TPSA) is 35.5 Å². The van der Waals surface area contributed by atoms with Crippen molar-refractivity contribution in [2.45, 2.75) is 19.8 Å². The number of ether oxygens (including phenoxy) is 2. The molecule has 3 nitrogen and oxygen atoms in total. The van der Waals surface area contributed by atoms with Crippen molar-refractivity contribution >= 4 is 17.6 Å². The number of methoxy groups -OCH3 is 1. The standard InChI is InChI=1S/C17H17ClO3/c1-12-6-8-15(16(10-12)20-2)21-17(19)9-7-13-4-3-5-14(18)11-13/h3-6,8,10-11H,7,9H2,1-2H3. The van der Waals surface area contributed by atoms with Crippen LogP contribution in [0.15, 0.2) is 42.5 Å². The first-order chi connectivity index (χ1) is 10.1. The van der Waals surface area contributed by atoms with Gasteiger partial charge >= 0.3 is 5.97 Å². The summed E-state index contributed by atoms with van der Waals surface area (Å²) in [6.07, 6.45) is 0.880. The predicted octanol–water partition coefficient (Wildman–Crippen LogP) is 4.20. The van der Waals surface area contributed by atoms with Crippen LogP contribution < -0.4 is 9.47 Å². The number of aryl methyl sites for hydroxylation is 2. The Labute approximate surface area is 129 Å². The third-order valence-electron chi connectivity index (χ3n) is 3.05. The Morgan fingerprint density at radius 3 is 2.67 bits per heavy atom. The molecule has 0 saturated carbocycles. The lowest BCUT2D eigenvalue weighted by atomic mass is 10.1. The second-order valence-corrected chi connectivity index (χ2v) is 5.19. The van der Waals surface area contributed by atoms with Crippen LogP contribution in [0, 0.1) is 6.92 Å². The molecule has 0 atom stereocenters. The zero-order valence-electron chi connectivity index (χ0n) is 12.1. The molecular formula is C17H17ClO3. The van der Waals surface area contributed by atoms with E-state index in [9.17, 15) is 4.79 Å². The quantitative estimate of drug-likeness (QED) is 0.613. The summed E-state index contributed by atoms with van der Waals surface area (Å²) < 4.78 is 10.6. The molecule has 0 N–H and O–H groups in total. The van der Waals surface area contributed by atoms with Crippen LogP contribution in [0.25, 0.3) is 0 Å². The van der Waals surface area contributed by atoms with Gasteiger partial charge < -0.3 is 9.47 Å². The highest BCUT2D eigenvalue weighted by Gasteiger charge is 2.10. The van der Waals surface area contributed by atoms with E-state index < -0.39 is 0 Å². The molecule has 0 aliphatic rings. The van der Waals surface area contributed by atoms with Crippen molar-refractivity contribution in [1.29, 1.82) is 0 Å². The van der Waals surface area contributed by atoms with Crippen LogP contribution in [-0.2, 0) is 11.2 Å². The summed E-state index contributed by atoms with van der Waals surface area (Å²) in [5, 5.41) is 0.668. The molecule has 0 heterocycles. The molecule has 0 spiro atoms. The summed E-state index contributed by atoms with van der Waals surface area (Å²) in [6.45, 7) is 1.95. The zero-order chi connectivity index (χ0) is 15.2. The maximum Gasteiger partial charge on any atom is 0.311 e. The Bertz CT molecular complexity index is 638. The van der Waals surface area contributed by atoms with Crippen LogP contribution >= 0.6 is 11.6 Å². The molecule has 0 fully saturated rings. The first-order valence-electron chi connectivity index (χ1n) is 6.68. The van der Waals surface area contributed by atoms with E-state index >= 15 is 0 Å². The van der Waals surface area contributed by atoms with Gasteiger partial charge in [0.25, 0.3) is 0 Å². The van der Waals surface area contributed by atoms with E-state index in [0.717, 1.165) is 11.1 Å². The van der Waals surface area contributed by atoms with Gasteiger partial charge in [-0.3, -0.25) is 4.79 Å². The van der Waals surface area contributed by atoms with Crippen LogP contribution in [0.4, 0.5) is 0 Å². The molecule has 0 radical (unpaired) electrons. The summed E-state index contributed by atoms with van der Waals surface area (Å²) in [4.78, 5) is 11.9. The molecule has 0 bridgehead atoms. The van der Waals surface area contributed by atoms with Gasteiger partial charge in [-0.05, 0) is 48.7 Å². The maximum absolute atomic E-state index is 11.9. The molecule has 0 unspecified atom stereocenters. The summed E-state index contributed by atoms with van der Waals surface area (Å²) in [5.41, 5.74) is 2.06. The van der Waals surface area contributed by atoms with E-state index in [1.54, 1.807) is 19.2 Å². The van der Waals surface area contributed by atoms with Crippen molar-refractivity contribution in [3.63, 3.8) is 0 Å². The number of rotatable bonds is 5. The summed E-state index contributed by atoms with van der Waals surface area (Å²) in [6, 6.07) is 12.9. The number of hydrogen-bond acceptors (Lipinski definition) is 3. The number of halogens is 1. The van der Waals surface area contributed by atoms with Crippen LogP contribution in [0.1, 0.15) is 17.5 Å². The minimum Gasteiger partial charge on any atom is -0.493 e. The normalized spacial score (nSPS) is 10.2. The first-order valence-corrected chi connectivity index (χ1v) is 7.06. The number of carbonyl (C=O) groups is 1. The minimum atomic E-state index is -0.294. The fraction of sp³-hybridized carbons (Fsp3) is 0.235. The predicted molar refractivity (Wildman–Crippen MR) is 83.1 cm³/mol. The van der Waals surface area contributed by atoms with Crippen molar-refractivity contribution < 1.29 is 14.3 Å². The smallest absolute Gasteiger partial charge is 0.311 e. The van der Waals surface area contributed by atoms with Gasteiger partial charge in [0.2, 0.25) is 0 Å². The Hall–Kier alpha value is -2.00. The lowest BCUT2D eigenvalue weighted by Gasteiger charge is -2.10. The van der Waals surface area contributed by atoms with Crippen molar-refractivity contribution in [2.75, 3.05) is 7.11 Å². The Kier molecular flexibility index (Phi) is 5.23. The number of esters is 1. The molecule has 0 aliphatic heterocycles. The van der Waals surface area contributed by atoms with Crippen LogP contribution in [0.3, 0.4) is 0 Å². The number of benzene rings is 2. The highest BCUT2D eigenvalue weighted by Crippen LogP contribution is 2.28. The molecule has 0 aliphatic carbocycles. The van der Waals surface area contributed by atoms with Gasteiger partial charge in [0.1, 0.15) is 0 Å². The fourth-order valence-corrected chi connectivity index (χ4v) is 2.18. The second-order valence-electron chi connectivity index (χ2n) is 4.76. The largest absolute Gasteiger partial charge is 0.493 e. The molecule has 0 amide bonds. The van der Waals surface area contributed by atoms with E-state index in [1.807, 2.05) is 37.3 Å². The third-order valence-corrected chi connectivity index (χ3v) is 3.28. The monoisotopic (exact) mass is 304 g/mol. The van der Waals surface area contributed by atoms with Crippen molar-refractivity contribution in [2.24, 2.45) is 0 Å². The summed E-state index contributed by atoms with van der Waals surface area (Å²) in [5.74, 6) is 0.711. The highest BCUT2D eigenvalue weighted by atomic mass is 35.5. The maximum atomic E-state index is 11.9. The van der Waals surface area contributed by atoms with E-state index in [0.29, 0.717) is 22.9 Å². The highest BCUT2D eigenvalue weighted by molar-refractivity contribution is 6.30. The van der Waals surface area contributed by atoms with E-state index in [1.165, 1.54) is 0 Å². The third kappa shape index (κ3) is 4.50. The van der Waals surface area contributed by atoms with Crippen LogP contribution in [0.2, 0.25) is 5.02 Å². The van der Waals surface area contributed by atoms with Gasteiger partial charge in [0.15, 0.2) is 11.5 Å². The van der Waals surface area contributed by atoms with Gasteiger partial charge in [0.05, 0.1) is 7.11 Å². The Morgan fingerprint density at radius 1 is 1.14 bits per heavy atom. The molecule has 2 aromatic carbocycles. The molecule has 110 valence electrons. The van der Waals surface area contributed by atoms with Crippen molar-refractivity contribution in [3.05, 3.63) is 58.6 Å². The SMILES string of the molecule is COc1cc(C)ccc1OC(=O)CCc1cccc(Cl)c1. The Balaban J connectivity index is 1.96. The minimum absolute atomic E-state index is 0.289. The van der Waals surface area contributed by atoms with Gasteiger partial charge in [-0.1, -0.05) is 29.8 Å². The molecular weight excluding hydrogens is 288 g/mol. The summed E-state index contributed by atoms with van der Waals surface area (Å²) in [7, 11) is 1.55. The van der Waals surface area contributed by atoms with E-state index in [4.69, 9.17) is 21.1 Å². The first kappa shape index (κ1) is 15.4. The average molecular weight is 305 g/mol. The molecule has 2 rings (SSSR count). The van der Waals surface area contributed by atoms with Crippen LogP contribution in [0.5, 0.6) is 11.5 Å². The van der Waals surface area contributed by atoms with Gasteiger partial charge in [0, 0.05) is 11.4 Å². The zero-order valence-corrected chi connectivity index (χ0v) is 12.8. The number of carbonyl (C=O) groups excluding carboxylic acids is 1. The van der Waals surface area contributed by atoms with Gasteiger partial charge in [-0.15, -0.1) is 0 Å². The van der Waals surface area contributed by atoms with Crippen LogP contribution in [-0.4, -0.2) is 13.1 Å². The molecule has 0 saturated heterocycles.